The van der Waals surface area contributed by atoms with Gasteiger partial charge in [0.05, 0.1) is 6.10 Å². The Morgan fingerprint density at radius 2 is 1.22 bits per heavy atom. The summed E-state index contributed by atoms with van der Waals surface area (Å²) in [6, 6.07) is 0. The van der Waals surface area contributed by atoms with Gasteiger partial charge in [-0.25, -0.2) is 0 Å². The van der Waals surface area contributed by atoms with E-state index < -0.39 is 0 Å². The Kier molecular flexibility index (Phi) is 12.6. The number of epoxide rings is 1. The van der Waals surface area contributed by atoms with Crippen molar-refractivity contribution in [1.29, 1.82) is 0 Å². The minimum atomic E-state index is -0.0864. The van der Waals surface area contributed by atoms with Crippen LogP contribution in [0.25, 0.3) is 0 Å². The van der Waals surface area contributed by atoms with Gasteiger partial charge in [0.2, 0.25) is 0 Å². The Labute approximate surface area is 144 Å². The van der Waals surface area contributed by atoms with Crippen LogP contribution >= 0.6 is 0 Å². The van der Waals surface area contributed by atoms with Gasteiger partial charge in [-0.1, -0.05) is 104 Å². The van der Waals surface area contributed by atoms with Crippen LogP contribution in [0.5, 0.6) is 0 Å². The maximum absolute atomic E-state index is 10.6. The molecular formula is C21H40O2. The third kappa shape index (κ3) is 10.9. The van der Waals surface area contributed by atoms with Crippen molar-refractivity contribution in [3.63, 3.8) is 0 Å². The van der Waals surface area contributed by atoms with Crippen molar-refractivity contribution < 1.29 is 9.53 Å². The molecule has 1 saturated heterocycles. The zero-order valence-corrected chi connectivity index (χ0v) is 15.7. The summed E-state index contributed by atoms with van der Waals surface area (Å²) in [5.74, 6) is 0.558. The van der Waals surface area contributed by atoms with Gasteiger partial charge in [0, 0.05) is 0 Å². The second kappa shape index (κ2) is 14.0. The summed E-state index contributed by atoms with van der Waals surface area (Å²) in [5.41, 5.74) is 0. The highest BCUT2D eigenvalue weighted by Crippen LogP contribution is 2.31. The number of carbonyl (C=O) groups excluding carboxylic acids is 1. The van der Waals surface area contributed by atoms with Crippen LogP contribution in [0.15, 0.2) is 0 Å². The topological polar surface area (TPSA) is 29.6 Å². The van der Waals surface area contributed by atoms with Gasteiger partial charge in [-0.15, -0.1) is 0 Å². The van der Waals surface area contributed by atoms with Gasteiger partial charge in [0.1, 0.15) is 6.10 Å². The largest absolute Gasteiger partial charge is 0.361 e. The van der Waals surface area contributed by atoms with Crippen molar-refractivity contribution in [2.45, 2.75) is 122 Å². The summed E-state index contributed by atoms with van der Waals surface area (Å²) >= 11 is 0. The van der Waals surface area contributed by atoms with E-state index in [1.165, 1.54) is 96.3 Å². The lowest BCUT2D eigenvalue weighted by atomic mass is 9.97. The molecule has 0 unspecified atom stereocenters. The maximum atomic E-state index is 10.6. The second-order valence-electron chi connectivity index (χ2n) is 7.56. The third-order valence-electron chi connectivity index (χ3n) is 5.27. The highest BCUT2D eigenvalue weighted by molar-refractivity contribution is 5.60. The van der Waals surface area contributed by atoms with E-state index in [-0.39, 0.29) is 12.2 Å². The van der Waals surface area contributed by atoms with E-state index >= 15 is 0 Å². The highest BCUT2D eigenvalue weighted by Gasteiger charge is 2.42. The van der Waals surface area contributed by atoms with Gasteiger partial charge >= 0.3 is 0 Å². The van der Waals surface area contributed by atoms with Crippen LogP contribution in [-0.2, 0) is 9.53 Å². The predicted octanol–water partition coefficient (Wildman–Crippen LogP) is 6.46. The van der Waals surface area contributed by atoms with Crippen LogP contribution < -0.4 is 0 Å². The average Bonchev–Trinajstić information content (AvgIpc) is 3.35. The van der Waals surface area contributed by atoms with E-state index in [2.05, 4.69) is 13.8 Å². The number of rotatable bonds is 17. The summed E-state index contributed by atoms with van der Waals surface area (Å²) in [6.45, 7) is 4.50. The van der Waals surface area contributed by atoms with E-state index in [4.69, 9.17) is 4.74 Å². The van der Waals surface area contributed by atoms with Crippen molar-refractivity contribution in [1.82, 2.24) is 0 Å². The molecule has 1 aliphatic heterocycles. The molecule has 3 atom stereocenters. The molecule has 0 aromatic carbocycles. The van der Waals surface area contributed by atoms with E-state index in [0.717, 1.165) is 6.29 Å². The van der Waals surface area contributed by atoms with Crippen molar-refractivity contribution >= 4 is 6.29 Å². The molecule has 0 aliphatic carbocycles. The standard InChI is InChI=1S/C21H40O2/c1-3-4-5-6-7-8-9-10-11-12-13-14-15-16-17-19(2)21-20(18-22)23-21/h18-21H,3-17H2,1-2H3/t19-,20+,21+/m1/s1. The van der Waals surface area contributed by atoms with Crippen LogP contribution in [0, 0.1) is 5.92 Å². The normalized spacial score (nSPS) is 21.3. The maximum Gasteiger partial charge on any atom is 0.151 e. The lowest BCUT2D eigenvalue weighted by Crippen LogP contribution is -2.07. The summed E-state index contributed by atoms with van der Waals surface area (Å²) in [7, 11) is 0. The molecule has 0 spiro atoms. The van der Waals surface area contributed by atoms with E-state index in [1.54, 1.807) is 0 Å². The fourth-order valence-corrected chi connectivity index (χ4v) is 3.53. The second-order valence-corrected chi connectivity index (χ2v) is 7.56. The number of carbonyl (C=O) groups is 1. The molecule has 1 fully saturated rings. The fraction of sp³-hybridized carbons (Fsp3) is 0.952. The number of hydrogen-bond donors (Lipinski definition) is 0. The lowest BCUT2D eigenvalue weighted by molar-refractivity contribution is -0.108. The number of unbranched alkanes of at least 4 members (excludes halogenated alkanes) is 13. The Morgan fingerprint density at radius 3 is 1.61 bits per heavy atom. The van der Waals surface area contributed by atoms with E-state index in [0.29, 0.717) is 5.92 Å². The van der Waals surface area contributed by atoms with Crippen molar-refractivity contribution in [2.75, 3.05) is 0 Å². The van der Waals surface area contributed by atoms with Crippen molar-refractivity contribution in [3.05, 3.63) is 0 Å². The number of aldehydes is 1. The first-order valence-electron chi connectivity index (χ1n) is 10.4. The summed E-state index contributed by atoms with van der Waals surface area (Å²) in [5, 5.41) is 0. The van der Waals surface area contributed by atoms with Gasteiger partial charge in [0.25, 0.3) is 0 Å². The molecule has 0 aromatic heterocycles. The smallest absolute Gasteiger partial charge is 0.151 e. The van der Waals surface area contributed by atoms with Crippen LogP contribution in [0.2, 0.25) is 0 Å². The van der Waals surface area contributed by atoms with E-state index in [1.807, 2.05) is 0 Å². The Morgan fingerprint density at radius 1 is 0.783 bits per heavy atom. The molecular weight excluding hydrogens is 284 g/mol. The minimum Gasteiger partial charge on any atom is -0.361 e. The van der Waals surface area contributed by atoms with Crippen LogP contribution in [0.3, 0.4) is 0 Å². The van der Waals surface area contributed by atoms with Crippen molar-refractivity contribution in [3.8, 4) is 0 Å². The van der Waals surface area contributed by atoms with Crippen molar-refractivity contribution in [2.24, 2.45) is 5.92 Å². The molecule has 0 amide bonds. The van der Waals surface area contributed by atoms with Gasteiger partial charge in [-0.05, 0) is 12.3 Å². The molecule has 0 radical (unpaired) electrons. The average molecular weight is 325 g/mol. The first kappa shape index (κ1) is 20.7. The number of hydrogen-bond acceptors (Lipinski definition) is 2. The summed E-state index contributed by atoms with van der Waals surface area (Å²) < 4.78 is 5.33. The molecule has 1 heterocycles. The van der Waals surface area contributed by atoms with Crippen LogP contribution in [-0.4, -0.2) is 18.5 Å². The molecule has 1 rings (SSSR count). The molecule has 0 aromatic rings. The fourth-order valence-electron chi connectivity index (χ4n) is 3.53. The third-order valence-corrected chi connectivity index (χ3v) is 5.27. The summed E-state index contributed by atoms with van der Waals surface area (Å²) in [4.78, 5) is 10.6. The molecule has 0 bridgehead atoms. The molecule has 23 heavy (non-hydrogen) atoms. The summed E-state index contributed by atoms with van der Waals surface area (Å²) in [6.07, 6.45) is 22.1. The monoisotopic (exact) mass is 324 g/mol. The van der Waals surface area contributed by atoms with Gasteiger partial charge in [0.15, 0.2) is 6.29 Å². The van der Waals surface area contributed by atoms with Gasteiger partial charge < -0.3 is 9.53 Å². The van der Waals surface area contributed by atoms with Crippen LogP contribution in [0.1, 0.15) is 110 Å². The highest BCUT2D eigenvalue weighted by atomic mass is 16.6. The molecule has 1 aliphatic rings. The molecule has 2 heteroatoms. The molecule has 2 nitrogen and oxygen atoms in total. The van der Waals surface area contributed by atoms with Gasteiger partial charge in [-0.2, -0.15) is 0 Å². The molecule has 136 valence electrons. The lowest BCUT2D eigenvalue weighted by Gasteiger charge is -2.07. The predicted molar refractivity (Wildman–Crippen MR) is 98.8 cm³/mol. The van der Waals surface area contributed by atoms with Gasteiger partial charge in [-0.3, -0.25) is 0 Å². The first-order valence-corrected chi connectivity index (χ1v) is 10.4. The Balaban J connectivity index is 1.71. The van der Waals surface area contributed by atoms with Crippen LogP contribution in [0.4, 0.5) is 0 Å². The molecule has 0 N–H and O–H groups in total. The molecule has 0 saturated carbocycles. The quantitative estimate of drug-likeness (QED) is 0.174. The SMILES string of the molecule is CCCCCCCCCCCCCCCC[C@@H](C)[C@@H]1O[C@H]1C=O. The zero-order valence-electron chi connectivity index (χ0n) is 15.7. The Bertz CT molecular complexity index is 277. The Hall–Kier alpha value is -0.370. The first-order chi connectivity index (χ1) is 11.3. The van der Waals surface area contributed by atoms with E-state index in [9.17, 15) is 4.79 Å². The number of ether oxygens (including phenoxy) is 1. The minimum absolute atomic E-state index is 0.0864. The zero-order chi connectivity index (χ0) is 16.8.